The molecule has 0 aliphatic carbocycles. The summed E-state index contributed by atoms with van der Waals surface area (Å²) < 4.78 is 0. The molecule has 1 aromatic rings. The van der Waals surface area contributed by atoms with Crippen LogP contribution in [0.2, 0.25) is 0 Å². The molecule has 0 amide bonds. The summed E-state index contributed by atoms with van der Waals surface area (Å²) in [5, 5.41) is 2.63. The lowest BCUT2D eigenvalue weighted by molar-refractivity contribution is 1.18. The molecular weight excluding hydrogens is 146 g/mol. The first-order chi connectivity index (χ1) is 5.70. The molecule has 66 valence electrons. The van der Waals surface area contributed by atoms with Crippen LogP contribution in [0.15, 0.2) is 0 Å². The van der Waals surface area contributed by atoms with Gasteiger partial charge in [0.25, 0.3) is 0 Å². The van der Waals surface area contributed by atoms with Gasteiger partial charge in [-0.05, 0) is 38.0 Å². The molecule has 0 saturated carbocycles. The van der Waals surface area contributed by atoms with Gasteiger partial charge in [0.2, 0.25) is 0 Å². The first kappa shape index (κ1) is 9.11. The van der Waals surface area contributed by atoms with Crippen molar-refractivity contribution in [2.45, 2.75) is 34.1 Å². The maximum absolute atomic E-state index is 3.38. The minimum absolute atomic E-state index is 1.08. The molecule has 1 N–H and O–H groups in total. The molecule has 0 aromatic carbocycles. The van der Waals surface area contributed by atoms with Gasteiger partial charge in [0.1, 0.15) is 0 Å². The number of aromatic nitrogens is 1. The van der Waals surface area contributed by atoms with Gasteiger partial charge in [-0.15, -0.1) is 0 Å². The molecule has 0 fully saturated rings. The summed E-state index contributed by atoms with van der Waals surface area (Å²) in [4.78, 5) is 3.38. The van der Waals surface area contributed by atoms with Crippen molar-refractivity contribution in [3.63, 3.8) is 0 Å². The summed E-state index contributed by atoms with van der Waals surface area (Å²) in [6.45, 7) is 8.52. The lowest BCUT2D eigenvalue weighted by Crippen LogP contribution is -2.23. The molecule has 0 spiro atoms. The Morgan fingerprint density at radius 2 is 2.00 bits per heavy atom. The molecule has 1 heteroatoms. The molecule has 1 heterocycles. The average Bonchev–Trinajstić information content (AvgIpc) is 2.29. The average molecular weight is 163 g/mol. The minimum atomic E-state index is 1.08. The Hall–Kier alpha value is -0.980. The highest BCUT2D eigenvalue weighted by molar-refractivity contribution is 5.34. The molecule has 0 radical (unpaired) electrons. The lowest BCUT2D eigenvalue weighted by Gasteiger charge is -1.84. The van der Waals surface area contributed by atoms with Crippen molar-refractivity contribution in [1.29, 1.82) is 0 Å². The molecule has 0 aliphatic heterocycles. The van der Waals surface area contributed by atoms with Gasteiger partial charge in [0.15, 0.2) is 0 Å². The van der Waals surface area contributed by atoms with Crippen LogP contribution in [0.1, 0.15) is 31.5 Å². The maximum atomic E-state index is 3.38. The monoisotopic (exact) mass is 163 g/mol. The third-order valence-electron chi connectivity index (χ3n) is 2.28. The maximum Gasteiger partial charge on any atom is 0.0414 e. The highest BCUT2D eigenvalue weighted by Crippen LogP contribution is 1.92. The van der Waals surface area contributed by atoms with Gasteiger partial charge in [-0.1, -0.05) is 19.1 Å². The van der Waals surface area contributed by atoms with Gasteiger partial charge in [0, 0.05) is 11.0 Å². The molecule has 0 saturated heterocycles. The van der Waals surface area contributed by atoms with Gasteiger partial charge in [-0.3, -0.25) is 0 Å². The van der Waals surface area contributed by atoms with Crippen molar-refractivity contribution in [3.05, 3.63) is 21.8 Å². The summed E-state index contributed by atoms with van der Waals surface area (Å²) in [6, 6.07) is 0. The van der Waals surface area contributed by atoms with E-state index in [0.717, 1.165) is 6.42 Å². The van der Waals surface area contributed by atoms with E-state index in [9.17, 15) is 0 Å². The number of hydrogen-bond donors (Lipinski definition) is 1. The second-order valence-corrected chi connectivity index (χ2v) is 3.10. The van der Waals surface area contributed by atoms with Gasteiger partial charge < -0.3 is 4.98 Å². The highest BCUT2D eigenvalue weighted by Gasteiger charge is 1.96. The van der Waals surface area contributed by atoms with Gasteiger partial charge >= 0.3 is 0 Å². The normalized spacial score (nSPS) is 14.3. The van der Waals surface area contributed by atoms with Crippen LogP contribution in [-0.4, -0.2) is 4.98 Å². The smallest absolute Gasteiger partial charge is 0.0414 e. The Balaban J connectivity index is 3.52. The fourth-order valence-electron chi connectivity index (χ4n) is 1.50. The summed E-state index contributed by atoms with van der Waals surface area (Å²) in [5.74, 6) is 0. The van der Waals surface area contributed by atoms with E-state index in [4.69, 9.17) is 0 Å². The first-order valence-electron chi connectivity index (χ1n) is 4.52. The topological polar surface area (TPSA) is 15.8 Å². The number of hydrogen-bond acceptors (Lipinski definition) is 0. The first-order valence-corrected chi connectivity index (χ1v) is 4.52. The number of aryl methyl sites for hydroxylation is 1. The third-order valence-corrected chi connectivity index (χ3v) is 2.28. The standard InChI is InChI=1S/C11H17N/c1-5-7-11-10(6-2)8(3)9(4)12-11/h6-7,12H,5H2,1-4H3/b10-6-,11-7+. The van der Waals surface area contributed by atoms with Gasteiger partial charge in [-0.25, -0.2) is 0 Å². The largest absolute Gasteiger partial charge is 0.359 e. The van der Waals surface area contributed by atoms with Crippen LogP contribution in [0.25, 0.3) is 12.2 Å². The van der Waals surface area contributed by atoms with E-state index in [1.165, 1.54) is 21.8 Å². The zero-order chi connectivity index (χ0) is 9.14. The van der Waals surface area contributed by atoms with E-state index in [1.54, 1.807) is 0 Å². The fourth-order valence-corrected chi connectivity index (χ4v) is 1.50. The molecule has 1 rings (SSSR count). The molecule has 0 bridgehead atoms. The van der Waals surface area contributed by atoms with Crippen LogP contribution in [0.5, 0.6) is 0 Å². The molecule has 12 heavy (non-hydrogen) atoms. The van der Waals surface area contributed by atoms with Crippen molar-refractivity contribution in [1.82, 2.24) is 4.98 Å². The summed E-state index contributed by atoms with van der Waals surface area (Å²) >= 11 is 0. The van der Waals surface area contributed by atoms with E-state index in [1.807, 2.05) is 0 Å². The molecule has 1 nitrogen and oxygen atoms in total. The predicted molar refractivity (Wildman–Crippen MR) is 54.4 cm³/mol. The molecule has 0 aliphatic rings. The van der Waals surface area contributed by atoms with Gasteiger partial charge in [-0.2, -0.15) is 0 Å². The Labute approximate surface area is 73.8 Å². The van der Waals surface area contributed by atoms with E-state index >= 15 is 0 Å². The van der Waals surface area contributed by atoms with E-state index < -0.39 is 0 Å². The van der Waals surface area contributed by atoms with Crippen LogP contribution in [-0.2, 0) is 0 Å². The molecular formula is C11H17N. The zero-order valence-corrected chi connectivity index (χ0v) is 8.36. The number of rotatable bonds is 1. The van der Waals surface area contributed by atoms with Crippen LogP contribution in [0, 0.1) is 13.8 Å². The summed E-state index contributed by atoms with van der Waals surface area (Å²) in [5.41, 5.74) is 2.65. The predicted octanol–water partition coefficient (Wildman–Crippen LogP) is 1.62. The Morgan fingerprint density at radius 3 is 2.50 bits per heavy atom. The lowest BCUT2D eigenvalue weighted by atomic mass is 10.2. The SMILES string of the molecule is C/C=c1/c(C)c(C)[nH]/c1=C/CC. The second-order valence-electron chi connectivity index (χ2n) is 3.10. The van der Waals surface area contributed by atoms with Crippen LogP contribution < -0.4 is 10.6 Å². The van der Waals surface area contributed by atoms with E-state index in [0.29, 0.717) is 0 Å². The molecule has 0 unspecified atom stereocenters. The fraction of sp³-hybridized carbons (Fsp3) is 0.455. The Kier molecular flexibility index (Phi) is 2.74. The van der Waals surface area contributed by atoms with Crippen molar-refractivity contribution < 1.29 is 0 Å². The second kappa shape index (κ2) is 3.61. The van der Waals surface area contributed by atoms with Crippen molar-refractivity contribution in [3.8, 4) is 0 Å². The Morgan fingerprint density at radius 1 is 1.33 bits per heavy atom. The van der Waals surface area contributed by atoms with E-state index in [2.05, 4.69) is 44.8 Å². The number of aromatic amines is 1. The van der Waals surface area contributed by atoms with Crippen molar-refractivity contribution in [2.24, 2.45) is 0 Å². The van der Waals surface area contributed by atoms with Crippen molar-refractivity contribution in [2.75, 3.05) is 0 Å². The Bertz CT molecular complexity index is 368. The molecule has 0 atom stereocenters. The number of H-pyrrole nitrogens is 1. The highest BCUT2D eigenvalue weighted by atomic mass is 14.7. The summed E-state index contributed by atoms with van der Waals surface area (Å²) in [7, 11) is 0. The summed E-state index contributed by atoms with van der Waals surface area (Å²) in [6.07, 6.45) is 5.48. The van der Waals surface area contributed by atoms with Crippen molar-refractivity contribution >= 4 is 12.2 Å². The third kappa shape index (κ3) is 1.45. The quantitative estimate of drug-likeness (QED) is 0.647. The minimum Gasteiger partial charge on any atom is -0.359 e. The van der Waals surface area contributed by atoms with E-state index in [-0.39, 0.29) is 0 Å². The number of nitrogens with one attached hydrogen (secondary N) is 1. The molecule has 1 aromatic heterocycles. The zero-order valence-electron chi connectivity index (χ0n) is 8.36. The van der Waals surface area contributed by atoms with Gasteiger partial charge in [0.05, 0.1) is 0 Å². The van der Waals surface area contributed by atoms with Crippen LogP contribution in [0.4, 0.5) is 0 Å². The van der Waals surface area contributed by atoms with Crippen LogP contribution >= 0.6 is 0 Å². The van der Waals surface area contributed by atoms with Crippen LogP contribution in [0.3, 0.4) is 0 Å².